The number of carbonyl (C=O) groups excluding carboxylic acids is 1. The number of hydrogen-bond acceptors (Lipinski definition) is 2. The lowest BCUT2D eigenvalue weighted by Crippen LogP contribution is -2.17. The normalized spacial score (nSPS) is 11.2. The molecule has 0 atom stereocenters. The summed E-state index contributed by atoms with van der Waals surface area (Å²) in [5.74, 6) is 0.0523. The maximum atomic E-state index is 13.2. The second-order valence-electron chi connectivity index (χ2n) is 4.53. The van der Waals surface area contributed by atoms with E-state index in [2.05, 4.69) is 5.32 Å². The first kappa shape index (κ1) is 12.7. The van der Waals surface area contributed by atoms with Crippen molar-refractivity contribution < 1.29 is 9.18 Å². The molecular formula is C13H18FNO. The van der Waals surface area contributed by atoms with Crippen LogP contribution in [-0.2, 0) is 0 Å². The van der Waals surface area contributed by atoms with E-state index in [0.29, 0.717) is 18.5 Å². The van der Waals surface area contributed by atoms with Gasteiger partial charge in [-0.15, -0.1) is 0 Å². The number of rotatable bonds is 5. The quantitative estimate of drug-likeness (QED) is 0.775. The lowest BCUT2D eigenvalue weighted by molar-refractivity contribution is 0.101. The molecule has 0 aliphatic rings. The van der Waals surface area contributed by atoms with Crippen LogP contribution in [0, 0.1) is 0 Å². The minimum Gasteiger partial charge on any atom is -0.385 e. The fourth-order valence-corrected chi connectivity index (χ4v) is 1.33. The summed E-state index contributed by atoms with van der Waals surface area (Å²) in [4.78, 5) is 11.0. The highest BCUT2D eigenvalue weighted by Crippen LogP contribution is 2.15. The Bertz CT molecular complexity index is 351. The number of hydrogen-bond donors (Lipinski definition) is 1. The molecule has 0 unspecified atom stereocenters. The van der Waals surface area contributed by atoms with Crippen molar-refractivity contribution >= 4 is 11.5 Å². The van der Waals surface area contributed by atoms with Gasteiger partial charge in [0.1, 0.15) is 5.67 Å². The molecule has 88 valence electrons. The molecule has 0 saturated heterocycles. The Morgan fingerprint density at radius 1 is 1.31 bits per heavy atom. The van der Waals surface area contributed by atoms with Crippen molar-refractivity contribution in [2.75, 3.05) is 11.9 Å². The van der Waals surface area contributed by atoms with E-state index in [4.69, 9.17) is 0 Å². The Morgan fingerprint density at radius 3 is 2.31 bits per heavy atom. The number of Topliss-reactive ketones (excluding diaryl/α,β-unsaturated/α-hetero) is 1. The van der Waals surface area contributed by atoms with E-state index in [1.165, 1.54) is 6.92 Å². The standard InChI is InChI=1S/C13H18FNO/c1-10(16)11-4-6-12(7-5-11)15-9-8-13(2,3)14/h4-7,15H,8-9H2,1-3H3. The lowest BCUT2D eigenvalue weighted by atomic mass is 10.1. The average molecular weight is 223 g/mol. The fraction of sp³-hybridized carbons (Fsp3) is 0.462. The van der Waals surface area contributed by atoms with Crippen molar-refractivity contribution in [3.05, 3.63) is 29.8 Å². The van der Waals surface area contributed by atoms with E-state index in [1.807, 2.05) is 12.1 Å². The third kappa shape index (κ3) is 4.43. The first-order valence-electron chi connectivity index (χ1n) is 5.42. The molecule has 3 heteroatoms. The zero-order chi connectivity index (χ0) is 12.2. The number of benzene rings is 1. The monoisotopic (exact) mass is 223 g/mol. The average Bonchev–Trinajstić information content (AvgIpc) is 2.16. The molecule has 0 heterocycles. The largest absolute Gasteiger partial charge is 0.385 e. The van der Waals surface area contributed by atoms with Crippen LogP contribution in [0.1, 0.15) is 37.6 Å². The third-order valence-corrected chi connectivity index (χ3v) is 2.34. The van der Waals surface area contributed by atoms with Crippen LogP contribution >= 0.6 is 0 Å². The molecule has 0 saturated carbocycles. The first-order chi connectivity index (χ1) is 7.38. The molecule has 2 nitrogen and oxygen atoms in total. The maximum Gasteiger partial charge on any atom is 0.159 e. The van der Waals surface area contributed by atoms with E-state index in [1.54, 1.807) is 26.0 Å². The smallest absolute Gasteiger partial charge is 0.159 e. The molecule has 0 bridgehead atoms. The Hall–Kier alpha value is -1.38. The predicted molar refractivity (Wildman–Crippen MR) is 64.7 cm³/mol. The molecule has 0 aromatic heterocycles. The number of halogens is 1. The van der Waals surface area contributed by atoms with Crippen LogP contribution in [0.25, 0.3) is 0 Å². The van der Waals surface area contributed by atoms with Crippen LogP contribution in [0.4, 0.5) is 10.1 Å². The first-order valence-corrected chi connectivity index (χ1v) is 5.42. The van der Waals surface area contributed by atoms with Gasteiger partial charge in [-0.25, -0.2) is 4.39 Å². The number of carbonyl (C=O) groups is 1. The summed E-state index contributed by atoms with van der Waals surface area (Å²) < 4.78 is 13.2. The van der Waals surface area contributed by atoms with Gasteiger partial charge in [-0.05, 0) is 51.5 Å². The Morgan fingerprint density at radius 2 is 1.88 bits per heavy atom. The minimum atomic E-state index is -1.15. The molecule has 0 aliphatic carbocycles. The molecule has 0 spiro atoms. The van der Waals surface area contributed by atoms with Crippen molar-refractivity contribution in [1.82, 2.24) is 0 Å². The van der Waals surface area contributed by atoms with Gasteiger partial charge in [-0.2, -0.15) is 0 Å². The molecule has 0 aliphatic heterocycles. The summed E-state index contributed by atoms with van der Waals surface area (Å²) in [6.45, 7) is 5.25. The summed E-state index contributed by atoms with van der Waals surface area (Å²) >= 11 is 0. The fourth-order valence-electron chi connectivity index (χ4n) is 1.33. The zero-order valence-corrected chi connectivity index (χ0v) is 10.0. The highest BCUT2D eigenvalue weighted by atomic mass is 19.1. The summed E-state index contributed by atoms with van der Waals surface area (Å²) in [6.07, 6.45) is 0.460. The van der Waals surface area contributed by atoms with Crippen LogP contribution in [0.2, 0.25) is 0 Å². The van der Waals surface area contributed by atoms with Crippen molar-refractivity contribution in [2.24, 2.45) is 0 Å². The van der Waals surface area contributed by atoms with Crippen LogP contribution in [0.15, 0.2) is 24.3 Å². The molecule has 16 heavy (non-hydrogen) atoms. The van der Waals surface area contributed by atoms with Crippen molar-refractivity contribution in [1.29, 1.82) is 0 Å². The van der Waals surface area contributed by atoms with Gasteiger partial charge in [0.2, 0.25) is 0 Å². The summed E-state index contributed by atoms with van der Waals surface area (Å²) in [5, 5.41) is 3.12. The van der Waals surface area contributed by atoms with Gasteiger partial charge < -0.3 is 5.32 Å². The third-order valence-electron chi connectivity index (χ3n) is 2.34. The van der Waals surface area contributed by atoms with Gasteiger partial charge >= 0.3 is 0 Å². The van der Waals surface area contributed by atoms with Crippen molar-refractivity contribution in [3.8, 4) is 0 Å². The second kappa shape index (κ2) is 5.10. The molecule has 0 fully saturated rings. The van der Waals surface area contributed by atoms with Crippen molar-refractivity contribution in [3.63, 3.8) is 0 Å². The topological polar surface area (TPSA) is 29.1 Å². The van der Waals surface area contributed by atoms with Crippen LogP contribution in [-0.4, -0.2) is 18.0 Å². The summed E-state index contributed by atoms with van der Waals surface area (Å²) in [7, 11) is 0. The molecule has 1 rings (SSSR count). The Kier molecular flexibility index (Phi) is 4.05. The van der Waals surface area contributed by atoms with E-state index < -0.39 is 5.67 Å². The van der Waals surface area contributed by atoms with Gasteiger partial charge in [-0.3, -0.25) is 4.79 Å². The SMILES string of the molecule is CC(=O)c1ccc(NCCC(C)(C)F)cc1. The van der Waals surface area contributed by atoms with Gasteiger partial charge in [0.05, 0.1) is 0 Å². The Balaban J connectivity index is 2.47. The van der Waals surface area contributed by atoms with Crippen LogP contribution in [0.3, 0.4) is 0 Å². The summed E-state index contributed by atoms with van der Waals surface area (Å²) in [6, 6.07) is 7.21. The number of alkyl halides is 1. The van der Waals surface area contributed by atoms with E-state index in [9.17, 15) is 9.18 Å². The highest BCUT2D eigenvalue weighted by molar-refractivity contribution is 5.94. The molecule has 0 radical (unpaired) electrons. The Labute approximate surface area is 95.9 Å². The van der Waals surface area contributed by atoms with Gasteiger partial charge in [0.25, 0.3) is 0 Å². The van der Waals surface area contributed by atoms with Crippen LogP contribution in [0.5, 0.6) is 0 Å². The van der Waals surface area contributed by atoms with Gasteiger partial charge in [0.15, 0.2) is 5.78 Å². The summed E-state index contributed by atoms with van der Waals surface area (Å²) in [5.41, 5.74) is 0.456. The molecule has 1 aromatic carbocycles. The van der Waals surface area contributed by atoms with E-state index in [0.717, 1.165) is 5.69 Å². The molecule has 1 aromatic rings. The van der Waals surface area contributed by atoms with E-state index in [-0.39, 0.29) is 5.78 Å². The minimum absolute atomic E-state index is 0.0523. The maximum absolute atomic E-state index is 13.2. The molecular weight excluding hydrogens is 205 g/mol. The van der Waals surface area contributed by atoms with Crippen molar-refractivity contribution in [2.45, 2.75) is 32.9 Å². The predicted octanol–water partition coefficient (Wildman–Crippen LogP) is 3.44. The molecule has 0 amide bonds. The number of anilines is 1. The second-order valence-corrected chi connectivity index (χ2v) is 4.53. The molecule has 1 N–H and O–H groups in total. The van der Waals surface area contributed by atoms with E-state index >= 15 is 0 Å². The van der Waals surface area contributed by atoms with Crippen LogP contribution < -0.4 is 5.32 Å². The van der Waals surface area contributed by atoms with Gasteiger partial charge in [-0.1, -0.05) is 0 Å². The zero-order valence-electron chi connectivity index (χ0n) is 10.0. The number of ketones is 1. The van der Waals surface area contributed by atoms with Gasteiger partial charge in [0, 0.05) is 17.8 Å². The highest BCUT2D eigenvalue weighted by Gasteiger charge is 2.14. The number of nitrogens with one attached hydrogen (secondary N) is 1. The lowest BCUT2D eigenvalue weighted by Gasteiger charge is -2.14.